The standard InChI is InChI=1S/C10H19NOS/c1-13-9-4-5-10(6-9,7-12)11-8-2-3-8/h8-9,11-12H,2-7H2,1H3. The van der Waals surface area contributed by atoms with Crippen LogP contribution in [0.1, 0.15) is 32.1 Å². The molecule has 13 heavy (non-hydrogen) atoms. The van der Waals surface area contributed by atoms with Crippen molar-refractivity contribution < 1.29 is 5.11 Å². The summed E-state index contributed by atoms with van der Waals surface area (Å²) in [7, 11) is 0. The average Bonchev–Trinajstić information content (AvgIpc) is 2.85. The van der Waals surface area contributed by atoms with Crippen molar-refractivity contribution in [3.63, 3.8) is 0 Å². The molecule has 2 nitrogen and oxygen atoms in total. The third-order valence-corrected chi connectivity index (χ3v) is 4.36. The highest BCUT2D eigenvalue weighted by atomic mass is 32.2. The first-order chi connectivity index (χ1) is 6.28. The summed E-state index contributed by atoms with van der Waals surface area (Å²) in [5.41, 5.74) is 0.0782. The molecule has 0 bridgehead atoms. The SMILES string of the molecule is CSC1CCC(CO)(NC2CC2)C1. The Labute approximate surface area is 84.5 Å². The monoisotopic (exact) mass is 201 g/mol. The lowest BCUT2D eigenvalue weighted by Crippen LogP contribution is -2.47. The summed E-state index contributed by atoms with van der Waals surface area (Å²) >= 11 is 1.95. The van der Waals surface area contributed by atoms with Crippen LogP contribution in [0.15, 0.2) is 0 Å². The minimum atomic E-state index is 0.0782. The lowest BCUT2D eigenvalue weighted by molar-refractivity contribution is 0.163. The Bertz CT molecular complexity index is 184. The largest absolute Gasteiger partial charge is 0.394 e. The first kappa shape index (κ1) is 9.81. The molecular weight excluding hydrogens is 182 g/mol. The summed E-state index contributed by atoms with van der Waals surface area (Å²) in [6, 6.07) is 0.716. The van der Waals surface area contributed by atoms with Crippen LogP contribution >= 0.6 is 11.8 Å². The molecular formula is C10H19NOS. The van der Waals surface area contributed by atoms with Crippen molar-refractivity contribution in [1.29, 1.82) is 0 Å². The molecule has 0 aromatic carbocycles. The van der Waals surface area contributed by atoms with Gasteiger partial charge < -0.3 is 10.4 Å². The van der Waals surface area contributed by atoms with Gasteiger partial charge in [0.2, 0.25) is 0 Å². The van der Waals surface area contributed by atoms with Gasteiger partial charge in [0, 0.05) is 16.8 Å². The molecule has 2 rings (SSSR count). The summed E-state index contributed by atoms with van der Waals surface area (Å²) in [4.78, 5) is 0. The molecule has 0 aromatic heterocycles. The zero-order chi connectivity index (χ0) is 9.31. The molecule has 0 spiro atoms. The second kappa shape index (κ2) is 3.79. The van der Waals surface area contributed by atoms with Gasteiger partial charge in [-0.05, 0) is 38.4 Å². The van der Waals surface area contributed by atoms with Crippen LogP contribution in [0.2, 0.25) is 0 Å². The Morgan fingerprint density at radius 1 is 1.46 bits per heavy atom. The first-order valence-electron chi connectivity index (χ1n) is 5.19. The van der Waals surface area contributed by atoms with E-state index in [1.54, 1.807) is 0 Å². The molecule has 0 amide bonds. The van der Waals surface area contributed by atoms with E-state index in [2.05, 4.69) is 11.6 Å². The van der Waals surface area contributed by atoms with Crippen molar-refractivity contribution in [2.45, 2.75) is 48.9 Å². The molecule has 3 heteroatoms. The minimum absolute atomic E-state index is 0.0782. The quantitative estimate of drug-likeness (QED) is 0.721. The van der Waals surface area contributed by atoms with Gasteiger partial charge in [-0.2, -0.15) is 11.8 Å². The van der Waals surface area contributed by atoms with E-state index >= 15 is 0 Å². The molecule has 2 aliphatic rings. The zero-order valence-electron chi connectivity index (χ0n) is 8.25. The van der Waals surface area contributed by atoms with E-state index in [0.29, 0.717) is 12.6 Å². The smallest absolute Gasteiger partial charge is 0.0613 e. The van der Waals surface area contributed by atoms with Crippen molar-refractivity contribution in [3.8, 4) is 0 Å². The minimum Gasteiger partial charge on any atom is -0.394 e. The van der Waals surface area contributed by atoms with Gasteiger partial charge in [-0.25, -0.2) is 0 Å². The summed E-state index contributed by atoms with van der Waals surface area (Å²) in [6.45, 7) is 0.320. The molecule has 2 fully saturated rings. The number of aliphatic hydroxyl groups excluding tert-OH is 1. The highest BCUT2D eigenvalue weighted by molar-refractivity contribution is 7.99. The third kappa shape index (κ3) is 2.20. The van der Waals surface area contributed by atoms with E-state index in [4.69, 9.17) is 0 Å². The van der Waals surface area contributed by atoms with Gasteiger partial charge in [0.1, 0.15) is 0 Å². The molecule has 2 saturated carbocycles. The van der Waals surface area contributed by atoms with Crippen LogP contribution in [0, 0.1) is 0 Å². The number of thioether (sulfide) groups is 1. The molecule has 0 heterocycles. The van der Waals surface area contributed by atoms with Crippen LogP contribution in [0.25, 0.3) is 0 Å². The molecule has 2 unspecified atom stereocenters. The molecule has 0 aromatic rings. The summed E-state index contributed by atoms with van der Waals surface area (Å²) in [6.07, 6.45) is 8.38. The third-order valence-electron chi connectivity index (χ3n) is 3.29. The first-order valence-corrected chi connectivity index (χ1v) is 6.48. The van der Waals surface area contributed by atoms with E-state index in [0.717, 1.165) is 18.1 Å². The number of aliphatic hydroxyl groups is 1. The number of rotatable bonds is 4. The second-order valence-electron chi connectivity index (χ2n) is 4.46. The van der Waals surface area contributed by atoms with E-state index in [9.17, 15) is 5.11 Å². The van der Waals surface area contributed by atoms with Crippen molar-refractivity contribution in [3.05, 3.63) is 0 Å². The number of hydrogen-bond acceptors (Lipinski definition) is 3. The second-order valence-corrected chi connectivity index (χ2v) is 5.60. The van der Waals surface area contributed by atoms with Gasteiger partial charge in [-0.15, -0.1) is 0 Å². The fourth-order valence-corrected chi connectivity index (χ4v) is 3.10. The number of hydrogen-bond donors (Lipinski definition) is 2. The van der Waals surface area contributed by atoms with Gasteiger partial charge in [0.15, 0.2) is 0 Å². The lowest BCUT2D eigenvalue weighted by atomic mass is 9.99. The van der Waals surface area contributed by atoms with Crippen molar-refractivity contribution in [2.75, 3.05) is 12.9 Å². The van der Waals surface area contributed by atoms with E-state index in [-0.39, 0.29) is 5.54 Å². The van der Waals surface area contributed by atoms with Gasteiger partial charge >= 0.3 is 0 Å². The molecule has 0 aliphatic heterocycles. The molecule has 0 radical (unpaired) electrons. The van der Waals surface area contributed by atoms with Gasteiger partial charge in [0.25, 0.3) is 0 Å². The average molecular weight is 201 g/mol. The maximum absolute atomic E-state index is 9.43. The molecule has 2 aliphatic carbocycles. The molecule has 2 N–H and O–H groups in total. The van der Waals surface area contributed by atoms with Crippen molar-refractivity contribution >= 4 is 11.8 Å². The molecule has 2 atom stereocenters. The zero-order valence-corrected chi connectivity index (χ0v) is 9.07. The highest BCUT2D eigenvalue weighted by Crippen LogP contribution is 2.38. The maximum atomic E-state index is 9.43. The predicted molar refractivity (Wildman–Crippen MR) is 57.1 cm³/mol. The van der Waals surface area contributed by atoms with Crippen LogP contribution < -0.4 is 5.32 Å². The summed E-state index contributed by atoms with van der Waals surface area (Å²) < 4.78 is 0. The van der Waals surface area contributed by atoms with Crippen LogP contribution in [0.3, 0.4) is 0 Å². The van der Waals surface area contributed by atoms with Crippen LogP contribution in [-0.2, 0) is 0 Å². The van der Waals surface area contributed by atoms with E-state index in [1.165, 1.54) is 19.3 Å². The van der Waals surface area contributed by atoms with Crippen LogP contribution in [-0.4, -0.2) is 34.8 Å². The Balaban J connectivity index is 1.91. The fourth-order valence-electron chi connectivity index (χ4n) is 2.26. The van der Waals surface area contributed by atoms with Crippen LogP contribution in [0.5, 0.6) is 0 Å². The van der Waals surface area contributed by atoms with Gasteiger partial charge in [0.05, 0.1) is 6.61 Å². The molecule has 76 valence electrons. The van der Waals surface area contributed by atoms with Gasteiger partial charge in [-0.1, -0.05) is 0 Å². The Morgan fingerprint density at radius 2 is 2.23 bits per heavy atom. The predicted octanol–water partition coefficient (Wildman–Crippen LogP) is 1.39. The van der Waals surface area contributed by atoms with Crippen molar-refractivity contribution in [2.24, 2.45) is 0 Å². The lowest BCUT2D eigenvalue weighted by Gasteiger charge is -2.28. The van der Waals surface area contributed by atoms with E-state index < -0.39 is 0 Å². The highest BCUT2D eigenvalue weighted by Gasteiger charge is 2.41. The molecule has 0 saturated heterocycles. The summed E-state index contributed by atoms with van der Waals surface area (Å²) in [5.74, 6) is 0. The van der Waals surface area contributed by atoms with Crippen molar-refractivity contribution in [1.82, 2.24) is 5.32 Å². The Hall–Kier alpha value is 0.270. The summed E-state index contributed by atoms with van der Waals surface area (Å²) in [5, 5.41) is 13.8. The van der Waals surface area contributed by atoms with E-state index in [1.807, 2.05) is 11.8 Å². The van der Waals surface area contributed by atoms with Crippen LogP contribution in [0.4, 0.5) is 0 Å². The normalized spacial score (nSPS) is 39.7. The topological polar surface area (TPSA) is 32.3 Å². The Kier molecular flexibility index (Phi) is 2.86. The van der Waals surface area contributed by atoms with Gasteiger partial charge in [-0.3, -0.25) is 0 Å². The fraction of sp³-hybridized carbons (Fsp3) is 1.00. The number of nitrogens with one attached hydrogen (secondary N) is 1. The Morgan fingerprint density at radius 3 is 2.69 bits per heavy atom. The maximum Gasteiger partial charge on any atom is 0.0613 e.